The van der Waals surface area contributed by atoms with E-state index in [0.29, 0.717) is 6.04 Å². The number of para-hydroxylation sites is 1. The first-order valence-corrected chi connectivity index (χ1v) is 8.46. The molecule has 5 nitrogen and oxygen atoms in total. The molecule has 1 aromatic carbocycles. The molecule has 1 atom stereocenters. The maximum atomic E-state index is 4.37. The number of anilines is 1. The Morgan fingerprint density at radius 1 is 1.25 bits per heavy atom. The second-order valence-electron chi connectivity index (χ2n) is 6.64. The number of likely N-dealkylation sites (N-methyl/N-ethyl adjacent to an activating group) is 1. The number of fused-ring (bicyclic) bond motifs is 1. The van der Waals surface area contributed by atoms with Gasteiger partial charge in [0.25, 0.3) is 0 Å². The van der Waals surface area contributed by atoms with Crippen molar-refractivity contribution in [3.63, 3.8) is 0 Å². The van der Waals surface area contributed by atoms with Crippen molar-refractivity contribution in [2.24, 2.45) is 7.05 Å². The molecular formula is C19H23N5. The van der Waals surface area contributed by atoms with E-state index < -0.39 is 0 Å². The minimum atomic E-state index is 0.509. The molecule has 24 heavy (non-hydrogen) atoms. The van der Waals surface area contributed by atoms with E-state index in [9.17, 15) is 0 Å². The van der Waals surface area contributed by atoms with Crippen molar-refractivity contribution >= 4 is 16.7 Å². The molecule has 0 radical (unpaired) electrons. The van der Waals surface area contributed by atoms with Crippen molar-refractivity contribution in [2.75, 3.05) is 25.0 Å². The second-order valence-corrected chi connectivity index (χ2v) is 6.64. The monoisotopic (exact) mass is 321 g/mol. The standard InChI is InChI=1S/C19H23N5/c1-22-11-15(17-5-3-4-6-18(17)22)12-24-10-8-16(13-24)23(2)19-7-9-20-14-21-19/h3-7,9,11,14,16H,8,10,12-13H2,1-2H3. The first-order valence-electron chi connectivity index (χ1n) is 8.46. The number of hydrogen-bond acceptors (Lipinski definition) is 4. The lowest BCUT2D eigenvalue weighted by Crippen LogP contribution is -2.34. The van der Waals surface area contributed by atoms with Crippen LogP contribution in [0.4, 0.5) is 5.82 Å². The molecule has 0 amide bonds. The van der Waals surface area contributed by atoms with E-state index in [1.165, 1.54) is 22.9 Å². The topological polar surface area (TPSA) is 37.2 Å². The molecule has 0 spiro atoms. The molecular weight excluding hydrogens is 298 g/mol. The minimum absolute atomic E-state index is 0.509. The Morgan fingerprint density at radius 3 is 2.96 bits per heavy atom. The van der Waals surface area contributed by atoms with Crippen molar-refractivity contribution in [3.05, 3.63) is 54.6 Å². The van der Waals surface area contributed by atoms with Crippen LogP contribution in [0.15, 0.2) is 49.1 Å². The fourth-order valence-electron chi connectivity index (χ4n) is 3.74. The van der Waals surface area contributed by atoms with Gasteiger partial charge in [0.1, 0.15) is 12.1 Å². The van der Waals surface area contributed by atoms with Crippen LogP contribution in [-0.4, -0.2) is 45.6 Å². The fraction of sp³-hybridized carbons (Fsp3) is 0.368. The number of benzene rings is 1. The molecule has 1 saturated heterocycles. The van der Waals surface area contributed by atoms with Crippen LogP contribution in [0.2, 0.25) is 0 Å². The highest BCUT2D eigenvalue weighted by Gasteiger charge is 2.27. The molecule has 2 aromatic heterocycles. The summed E-state index contributed by atoms with van der Waals surface area (Å²) in [5.41, 5.74) is 2.72. The van der Waals surface area contributed by atoms with Gasteiger partial charge in [0, 0.05) is 63.1 Å². The molecule has 124 valence electrons. The smallest absolute Gasteiger partial charge is 0.131 e. The van der Waals surface area contributed by atoms with E-state index in [4.69, 9.17) is 0 Å². The summed E-state index contributed by atoms with van der Waals surface area (Å²) in [7, 11) is 4.26. The van der Waals surface area contributed by atoms with Crippen LogP contribution in [0.5, 0.6) is 0 Å². The maximum absolute atomic E-state index is 4.37. The average Bonchev–Trinajstić information content (AvgIpc) is 3.21. The van der Waals surface area contributed by atoms with Crippen LogP contribution in [0.3, 0.4) is 0 Å². The minimum Gasteiger partial charge on any atom is -0.355 e. The van der Waals surface area contributed by atoms with Crippen molar-refractivity contribution in [1.82, 2.24) is 19.4 Å². The van der Waals surface area contributed by atoms with E-state index in [-0.39, 0.29) is 0 Å². The van der Waals surface area contributed by atoms with Crippen LogP contribution < -0.4 is 4.90 Å². The van der Waals surface area contributed by atoms with Gasteiger partial charge in [-0.05, 0) is 24.1 Å². The normalized spacial score (nSPS) is 18.3. The van der Waals surface area contributed by atoms with Crippen molar-refractivity contribution in [2.45, 2.75) is 19.0 Å². The summed E-state index contributed by atoms with van der Waals surface area (Å²) in [4.78, 5) is 13.2. The van der Waals surface area contributed by atoms with Crippen LogP contribution >= 0.6 is 0 Å². The van der Waals surface area contributed by atoms with Crippen LogP contribution in [0.1, 0.15) is 12.0 Å². The summed E-state index contributed by atoms with van der Waals surface area (Å²) in [6, 6.07) is 11.1. The molecule has 3 heterocycles. The Bertz CT molecular complexity index is 826. The van der Waals surface area contributed by atoms with Gasteiger partial charge in [-0.1, -0.05) is 18.2 Å². The fourth-order valence-corrected chi connectivity index (χ4v) is 3.74. The number of rotatable bonds is 4. The van der Waals surface area contributed by atoms with Crippen LogP contribution in [-0.2, 0) is 13.6 Å². The molecule has 1 unspecified atom stereocenters. The molecule has 4 rings (SSSR count). The van der Waals surface area contributed by atoms with Gasteiger partial charge < -0.3 is 9.47 Å². The number of aromatic nitrogens is 3. The molecule has 5 heteroatoms. The number of likely N-dealkylation sites (tertiary alicyclic amines) is 1. The summed E-state index contributed by atoms with van der Waals surface area (Å²) in [5, 5.41) is 1.37. The highest BCUT2D eigenvalue weighted by atomic mass is 15.3. The lowest BCUT2D eigenvalue weighted by Gasteiger charge is -2.25. The summed E-state index contributed by atoms with van der Waals surface area (Å²) in [5.74, 6) is 1.00. The molecule has 0 saturated carbocycles. The second kappa shape index (κ2) is 6.24. The third kappa shape index (κ3) is 2.76. The van der Waals surface area contributed by atoms with Gasteiger partial charge in [-0.25, -0.2) is 9.97 Å². The van der Waals surface area contributed by atoms with Crippen molar-refractivity contribution in [3.8, 4) is 0 Å². The summed E-state index contributed by atoms with van der Waals surface area (Å²) in [6.45, 7) is 3.21. The first kappa shape index (κ1) is 15.1. The van der Waals surface area contributed by atoms with Gasteiger partial charge in [0.05, 0.1) is 0 Å². The maximum Gasteiger partial charge on any atom is 0.131 e. The lowest BCUT2D eigenvalue weighted by molar-refractivity contribution is 0.327. The molecule has 1 fully saturated rings. The Hall–Kier alpha value is -2.40. The molecule has 0 aliphatic carbocycles. The Labute approximate surface area is 142 Å². The Kier molecular flexibility index (Phi) is 3.94. The SMILES string of the molecule is CN(c1ccncn1)C1CCN(Cc2cn(C)c3ccccc23)C1. The predicted octanol–water partition coefficient (Wildman–Crippen LogP) is 2.68. The molecule has 0 N–H and O–H groups in total. The Balaban J connectivity index is 1.47. The quantitative estimate of drug-likeness (QED) is 0.740. The van der Waals surface area contributed by atoms with Crippen LogP contribution in [0.25, 0.3) is 10.9 Å². The highest BCUT2D eigenvalue weighted by molar-refractivity contribution is 5.83. The van der Waals surface area contributed by atoms with Gasteiger partial charge >= 0.3 is 0 Å². The van der Waals surface area contributed by atoms with E-state index in [1.54, 1.807) is 6.33 Å². The van der Waals surface area contributed by atoms with Crippen LogP contribution in [0, 0.1) is 0 Å². The summed E-state index contributed by atoms with van der Waals surface area (Å²) < 4.78 is 2.23. The van der Waals surface area contributed by atoms with Gasteiger partial charge in [-0.2, -0.15) is 0 Å². The lowest BCUT2D eigenvalue weighted by atomic mass is 10.1. The molecule has 1 aliphatic rings. The first-order chi connectivity index (χ1) is 11.7. The molecule has 1 aliphatic heterocycles. The molecule has 3 aromatic rings. The number of nitrogens with zero attached hydrogens (tertiary/aromatic N) is 5. The Morgan fingerprint density at radius 2 is 2.12 bits per heavy atom. The number of aryl methyl sites for hydroxylation is 1. The van der Waals surface area contributed by atoms with E-state index in [0.717, 1.165) is 25.5 Å². The zero-order valence-corrected chi connectivity index (χ0v) is 14.3. The van der Waals surface area contributed by atoms with E-state index >= 15 is 0 Å². The van der Waals surface area contributed by atoms with Gasteiger partial charge in [-0.15, -0.1) is 0 Å². The van der Waals surface area contributed by atoms with Gasteiger partial charge in [0.15, 0.2) is 0 Å². The number of hydrogen-bond donors (Lipinski definition) is 0. The third-order valence-electron chi connectivity index (χ3n) is 5.10. The summed E-state index contributed by atoms with van der Waals surface area (Å²) in [6.07, 6.45) is 6.87. The van der Waals surface area contributed by atoms with E-state index in [1.807, 2.05) is 12.3 Å². The largest absolute Gasteiger partial charge is 0.355 e. The zero-order valence-electron chi connectivity index (χ0n) is 14.3. The third-order valence-corrected chi connectivity index (χ3v) is 5.10. The highest BCUT2D eigenvalue weighted by Crippen LogP contribution is 2.25. The van der Waals surface area contributed by atoms with Gasteiger partial charge in [0.2, 0.25) is 0 Å². The van der Waals surface area contributed by atoms with E-state index in [2.05, 4.69) is 68.9 Å². The van der Waals surface area contributed by atoms with Crippen molar-refractivity contribution < 1.29 is 0 Å². The predicted molar refractivity (Wildman–Crippen MR) is 97.0 cm³/mol. The van der Waals surface area contributed by atoms with Gasteiger partial charge in [-0.3, -0.25) is 4.90 Å². The average molecular weight is 321 g/mol. The zero-order chi connectivity index (χ0) is 16.5. The summed E-state index contributed by atoms with van der Waals surface area (Å²) >= 11 is 0. The van der Waals surface area contributed by atoms with Crippen molar-refractivity contribution in [1.29, 1.82) is 0 Å². The molecule has 0 bridgehead atoms.